The molecule has 2 heteroatoms. The number of rotatable bonds is 1. The Morgan fingerprint density at radius 3 is 2.75 bits per heavy atom. The van der Waals surface area contributed by atoms with Crippen molar-refractivity contribution in [2.75, 3.05) is 6.54 Å². The van der Waals surface area contributed by atoms with Gasteiger partial charge in [-0.05, 0) is 12.3 Å². The van der Waals surface area contributed by atoms with Crippen LogP contribution in [0.15, 0.2) is 0 Å². The molecule has 0 aromatic rings. The van der Waals surface area contributed by atoms with Crippen molar-refractivity contribution >= 4 is 0 Å². The number of nitrogens with one attached hydrogen (secondary N) is 1. The highest BCUT2D eigenvalue weighted by atomic mass is 19.1. The Morgan fingerprint density at radius 2 is 2.50 bits per heavy atom. The normalized spacial score (nSPS) is 38.2. The minimum absolute atomic E-state index is 0.588. The molecule has 2 unspecified atom stereocenters. The van der Waals surface area contributed by atoms with Crippen LogP contribution >= 0.6 is 0 Å². The largest absolute Gasteiger partial charge is 0.288 e. The van der Waals surface area contributed by atoms with Gasteiger partial charge in [0, 0.05) is 6.54 Å². The Bertz CT molecular complexity index is 74.9. The van der Waals surface area contributed by atoms with E-state index in [1.54, 1.807) is 0 Å². The maximum atomic E-state index is 12.2. The second kappa shape index (κ2) is 2.44. The molecule has 0 amide bonds. The van der Waals surface area contributed by atoms with E-state index in [0.717, 1.165) is 19.4 Å². The van der Waals surface area contributed by atoms with E-state index in [2.05, 4.69) is 12.2 Å². The van der Waals surface area contributed by atoms with Crippen LogP contribution in [0.5, 0.6) is 0 Å². The van der Waals surface area contributed by atoms with Crippen LogP contribution in [-0.2, 0) is 0 Å². The molecule has 1 rings (SSSR count). The van der Waals surface area contributed by atoms with E-state index in [0.29, 0.717) is 5.92 Å². The summed E-state index contributed by atoms with van der Waals surface area (Å²) in [5.74, 6) is 0.588. The summed E-state index contributed by atoms with van der Waals surface area (Å²) >= 11 is 0. The van der Waals surface area contributed by atoms with Crippen molar-refractivity contribution in [2.24, 2.45) is 5.92 Å². The highest BCUT2D eigenvalue weighted by molar-refractivity contribution is 4.72. The molecule has 0 aliphatic carbocycles. The lowest BCUT2D eigenvalue weighted by Gasteiger charge is -1.98. The molecule has 1 aliphatic heterocycles. The van der Waals surface area contributed by atoms with Crippen molar-refractivity contribution in [2.45, 2.75) is 26.1 Å². The molecule has 1 N–H and O–H groups in total. The van der Waals surface area contributed by atoms with E-state index in [-0.39, 0.29) is 0 Å². The zero-order valence-corrected chi connectivity index (χ0v) is 5.15. The average Bonchev–Trinajstić information content (AvgIpc) is 2.14. The van der Waals surface area contributed by atoms with E-state index in [4.69, 9.17) is 0 Å². The first-order chi connectivity index (χ1) is 3.83. The molecule has 1 nitrogen and oxygen atoms in total. The smallest absolute Gasteiger partial charge is 0.151 e. The number of hydrogen-bond donors (Lipinski definition) is 1. The Morgan fingerprint density at radius 1 is 1.75 bits per heavy atom. The van der Waals surface area contributed by atoms with Crippen molar-refractivity contribution < 1.29 is 4.39 Å². The third kappa shape index (κ3) is 1.19. The summed E-state index contributed by atoms with van der Waals surface area (Å²) in [6.45, 7) is 2.97. The predicted molar refractivity (Wildman–Crippen MR) is 31.3 cm³/mol. The van der Waals surface area contributed by atoms with Gasteiger partial charge in [-0.25, -0.2) is 4.39 Å². The molecular formula is C6H12FN. The third-order valence-electron chi connectivity index (χ3n) is 1.75. The zero-order chi connectivity index (χ0) is 5.98. The molecule has 8 heavy (non-hydrogen) atoms. The summed E-state index contributed by atoms with van der Waals surface area (Å²) in [5.41, 5.74) is 0. The van der Waals surface area contributed by atoms with Crippen LogP contribution in [-0.4, -0.2) is 12.8 Å². The van der Waals surface area contributed by atoms with Gasteiger partial charge in [0.1, 0.15) is 0 Å². The van der Waals surface area contributed by atoms with Crippen LogP contribution in [0, 0.1) is 5.92 Å². The molecule has 0 aromatic heterocycles. The van der Waals surface area contributed by atoms with Gasteiger partial charge >= 0.3 is 0 Å². The highest BCUT2D eigenvalue weighted by Crippen LogP contribution is 2.16. The number of alkyl halides is 1. The van der Waals surface area contributed by atoms with E-state index >= 15 is 0 Å². The molecule has 1 fully saturated rings. The summed E-state index contributed by atoms with van der Waals surface area (Å²) in [5, 5.41) is 2.75. The molecule has 1 aliphatic rings. The second-order valence-corrected chi connectivity index (χ2v) is 2.39. The van der Waals surface area contributed by atoms with Crippen molar-refractivity contribution in [1.82, 2.24) is 5.32 Å². The van der Waals surface area contributed by atoms with Crippen molar-refractivity contribution in [3.8, 4) is 0 Å². The second-order valence-electron chi connectivity index (χ2n) is 2.39. The van der Waals surface area contributed by atoms with Crippen LogP contribution < -0.4 is 5.32 Å². The Kier molecular flexibility index (Phi) is 1.84. The van der Waals surface area contributed by atoms with Crippen molar-refractivity contribution in [1.29, 1.82) is 0 Å². The van der Waals surface area contributed by atoms with Crippen LogP contribution in [0.3, 0.4) is 0 Å². The maximum Gasteiger partial charge on any atom is 0.151 e. The van der Waals surface area contributed by atoms with Crippen LogP contribution in [0.2, 0.25) is 0 Å². The Hall–Kier alpha value is -0.110. The minimum atomic E-state index is -0.722. The Balaban J connectivity index is 2.22. The first-order valence-corrected chi connectivity index (χ1v) is 3.20. The number of halogens is 1. The fourth-order valence-electron chi connectivity index (χ4n) is 1.06. The van der Waals surface area contributed by atoms with Gasteiger partial charge in [0.05, 0.1) is 0 Å². The van der Waals surface area contributed by atoms with Gasteiger partial charge in [0.25, 0.3) is 0 Å². The summed E-state index contributed by atoms with van der Waals surface area (Å²) in [6, 6.07) is 0. The molecule has 0 saturated carbocycles. The molecular weight excluding hydrogens is 105 g/mol. The lowest BCUT2D eigenvalue weighted by atomic mass is 10.1. The first-order valence-electron chi connectivity index (χ1n) is 3.20. The molecule has 2 atom stereocenters. The zero-order valence-electron chi connectivity index (χ0n) is 5.15. The predicted octanol–water partition coefficient (Wildman–Crippen LogP) is 1.30. The van der Waals surface area contributed by atoms with E-state index in [1.165, 1.54) is 0 Å². The SMILES string of the molecule is CCC1CNC(F)C1. The third-order valence-corrected chi connectivity index (χ3v) is 1.75. The van der Waals surface area contributed by atoms with Gasteiger partial charge in [-0.2, -0.15) is 0 Å². The summed E-state index contributed by atoms with van der Waals surface area (Å²) in [4.78, 5) is 0. The van der Waals surface area contributed by atoms with Crippen LogP contribution in [0.25, 0.3) is 0 Å². The average molecular weight is 117 g/mol. The fraction of sp³-hybridized carbons (Fsp3) is 1.00. The fourth-order valence-corrected chi connectivity index (χ4v) is 1.06. The van der Waals surface area contributed by atoms with Gasteiger partial charge in [-0.15, -0.1) is 0 Å². The summed E-state index contributed by atoms with van der Waals surface area (Å²) in [7, 11) is 0. The van der Waals surface area contributed by atoms with Gasteiger partial charge in [0.15, 0.2) is 6.30 Å². The lowest BCUT2D eigenvalue weighted by molar-refractivity contribution is 0.302. The first kappa shape index (κ1) is 6.02. The molecule has 1 saturated heterocycles. The van der Waals surface area contributed by atoms with Crippen molar-refractivity contribution in [3.63, 3.8) is 0 Å². The molecule has 0 radical (unpaired) electrons. The van der Waals surface area contributed by atoms with Gasteiger partial charge in [-0.1, -0.05) is 13.3 Å². The lowest BCUT2D eigenvalue weighted by Crippen LogP contribution is -2.15. The summed E-state index contributed by atoms with van der Waals surface area (Å²) < 4.78 is 12.2. The molecule has 48 valence electrons. The topological polar surface area (TPSA) is 12.0 Å². The monoisotopic (exact) mass is 117 g/mol. The van der Waals surface area contributed by atoms with Gasteiger partial charge < -0.3 is 0 Å². The van der Waals surface area contributed by atoms with Crippen LogP contribution in [0.4, 0.5) is 4.39 Å². The summed E-state index contributed by atoms with van der Waals surface area (Å²) in [6.07, 6.45) is 1.10. The van der Waals surface area contributed by atoms with E-state index < -0.39 is 6.30 Å². The standard InChI is InChI=1S/C6H12FN/c1-2-5-3-6(7)8-4-5/h5-6,8H,2-4H2,1H3. The van der Waals surface area contributed by atoms with Crippen LogP contribution in [0.1, 0.15) is 19.8 Å². The minimum Gasteiger partial charge on any atom is -0.288 e. The number of hydrogen-bond acceptors (Lipinski definition) is 1. The molecule has 0 bridgehead atoms. The maximum absolute atomic E-state index is 12.2. The quantitative estimate of drug-likeness (QED) is 0.510. The molecule has 0 aromatic carbocycles. The van der Waals surface area contributed by atoms with E-state index in [1.807, 2.05) is 0 Å². The highest BCUT2D eigenvalue weighted by Gasteiger charge is 2.20. The Labute approximate surface area is 49.3 Å². The molecule has 1 heterocycles. The van der Waals surface area contributed by atoms with Gasteiger partial charge in [-0.3, -0.25) is 5.32 Å². The molecule has 0 spiro atoms. The van der Waals surface area contributed by atoms with E-state index in [9.17, 15) is 4.39 Å². The van der Waals surface area contributed by atoms with Crippen molar-refractivity contribution in [3.05, 3.63) is 0 Å². The van der Waals surface area contributed by atoms with Gasteiger partial charge in [0.2, 0.25) is 0 Å².